The molecule has 0 saturated carbocycles. The lowest BCUT2D eigenvalue weighted by molar-refractivity contribution is 0.951. The van der Waals surface area contributed by atoms with Crippen LogP contribution in [0.25, 0.3) is 11.0 Å². The van der Waals surface area contributed by atoms with Crippen LogP contribution in [0.3, 0.4) is 0 Å². The quantitative estimate of drug-likeness (QED) is 0.571. The Labute approximate surface area is 116 Å². The van der Waals surface area contributed by atoms with Gasteiger partial charge in [-0.2, -0.15) is 0 Å². The zero-order chi connectivity index (χ0) is 12.5. The average Bonchev–Trinajstić information content (AvgIpc) is 2.95. The van der Waals surface area contributed by atoms with Crippen LogP contribution in [0, 0.1) is 0 Å². The summed E-state index contributed by atoms with van der Waals surface area (Å²) in [5.74, 6) is 0. The molecule has 18 heavy (non-hydrogen) atoms. The number of hydrogen-bond donors (Lipinski definition) is 2. The maximum atomic E-state index is 5.73. The van der Waals surface area contributed by atoms with Crippen LogP contribution in [0.4, 0.5) is 5.69 Å². The minimum absolute atomic E-state index is 0.725. The van der Waals surface area contributed by atoms with Gasteiger partial charge in [0.2, 0.25) is 0 Å². The molecule has 0 atom stereocenters. The van der Waals surface area contributed by atoms with Gasteiger partial charge in [-0.1, -0.05) is 23.1 Å². The molecule has 5 nitrogen and oxygen atoms in total. The molecule has 0 amide bonds. The third kappa shape index (κ3) is 2.31. The van der Waals surface area contributed by atoms with Crippen LogP contribution in [0.5, 0.6) is 0 Å². The molecule has 2 aromatic heterocycles. The number of nitrogens with zero attached hydrogens (tertiary/aromatic N) is 3. The van der Waals surface area contributed by atoms with Crippen molar-refractivity contribution in [1.82, 2.24) is 20.2 Å². The number of fused-ring (bicyclic) bond motifs is 1. The minimum Gasteiger partial charge on any atom is -0.399 e. The molecule has 0 radical (unpaired) electrons. The topological polar surface area (TPSA) is 80.5 Å². The van der Waals surface area contributed by atoms with Crippen molar-refractivity contribution in [2.45, 2.75) is 13.8 Å². The molecule has 0 bridgehead atoms. The van der Waals surface area contributed by atoms with Crippen molar-refractivity contribution < 1.29 is 0 Å². The first-order chi connectivity index (χ1) is 8.74. The van der Waals surface area contributed by atoms with Crippen LogP contribution in [0.1, 0.15) is 0 Å². The number of aromatic amines is 1. The predicted molar refractivity (Wildman–Crippen MR) is 76.3 cm³/mol. The minimum atomic E-state index is 0.725. The van der Waals surface area contributed by atoms with Gasteiger partial charge < -0.3 is 10.7 Å². The Morgan fingerprint density at radius 1 is 1.28 bits per heavy atom. The third-order valence-corrected chi connectivity index (χ3v) is 5.07. The van der Waals surface area contributed by atoms with E-state index < -0.39 is 0 Å². The van der Waals surface area contributed by atoms with E-state index in [0.717, 1.165) is 30.6 Å². The van der Waals surface area contributed by atoms with E-state index in [9.17, 15) is 0 Å². The van der Waals surface area contributed by atoms with Gasteiger partial charge in [-0.3, -0.25) is 0 Å². The lowest BCUT2D eigenvalue weighted by Crippen LogP contribution is -1.82. The van der Waals surface area contributed by atoms with E-state index in [-0.39, 0.29) is 0 Å². The number of benzene rings is 1. The highest BCUT2D eigenvalue weighted by Gasteiger charge is 2.09. The van der Waals surface area contributed by atoms with Crippen LogP contribution < -0.4 is 5.73 Å². The summed E-state index contributed by atoms with van der Waals surface area (Å²) in [7, 11) is 0. The molecule has 0 aliphatic heterocycles. The summed E-state index contributed by atoms with van der Waals surface area (Å²) >= 11 is 4.63. The number of nitrogens with one attached hydrogen (secondary N) is 1. The number of nitrogens with two attached hydrogens (primary N) is 1. The summed E-state index contributed by atoms with van der Waals surface area (Å²) in [5, 5.41) is 8.95. The highest BCUT2D eigenvalue weighted by molar-refractivity contribution is 8.02. The second-order valence-electron chi connectivity index (χ2n) is 3.46. The number of rotatable bonds is 3. The standard InChI is InChI=1S/C10H9N5S3/c1-16-9-14-15-10(18-9)17-8-12-6-3-2-5(11)4-7(6)13-8/h2-4H,11H2,1H3,(H,12,13). The zero-order valence-corrected chi connectivity index (χ0v) is 11.8. The molecule has 1 aromatic carbocycles. The largest absolute Gasteiger partial charge is 0.399 e. The van der Waals surface area contributed by atoms with E-state index in [1.807, 2.05) is 24.5 Å². The Bertz CT molecular complexity index is 690. The van der Waals surface area contributed by atoms with E-state index in [1.54, 1.807) is 23.1 Å². The van der Waals surface area contributed by atoms with Crippen molar-refractivity contribution in [2.75, 3.05) is 12.0 Å². The number of nitrogen functional groups attached to an aromatic ring is 1. The molecule has 3 N–H and O–H groups in total. The van der Waals surface area contributed by atoms with Gasteiger partial charge in [-0.05, 0) is 36.2 Å². The maximum absolute atomic E-state index is 5.73. The number of H-pyrrole nitrogens is 1. The predicted octanol–water partition coefficient (Wildman–Crippen LogP) is 2.87. The monoisotopic (exact) mass is 295 g/mol. The van der Waals surface area contributed by atoms with Gasteiger partial charge in [-0.15, -0.1) is 10.2 Å². The number of aromatic nitrogens is 4. The maximum Gasteiger partial charge on any atom is 0.182 e. The lowest BCUT2D eigenvalue weighted by Gasteiger charge is -1.89. The Hall–Kier alpha value is -1.25. The van der Waals surface area contributed by atoms with E-state index in [1.165, 1.54) is 11.8 Å². The molecule has 0 unspecified atom stereocenters. The molecule has 0 fully saturated rings. The first kappa shape index (κ1) is 11.8. The van der Waals surface area contributed by atoms with Crippen LogP contribution in [-0.4, -0.2) is 26.4 Å². The van der Waals surface area contributed by atoms with Gasteiger partial charge >= 0.3 is 0 Å². The molecule has 3 rings (SSSR count). The first-order valence-corrected chi connectivity index (χ1v) is 7.91. The highest BCUT2D eigenvalue weighted by Crippen LogP contribution is 2.32. The van der Waals surface area contributed by atoms with Crippen molar-refractivity contribution in [3.8, 4) is 0 Å². The van der Waals surface area contributed by atoms with Crippen molar-refractivity contribution in [3.63, 3.8) is 0 Å². The Morgan fingerprint density at radius 2 is 2.11 bits per heavy atom. The summed E-state index contributed by atoms with van der Waals surface area (Å²) in [4.78, 5) is 7.68. The molecule has 0 spiro atoms. The molecule has 0 saturated heterocycles. The molecule has 2 heterocycles. The van der Waals surface area contributed by atoms with Gasteiger partial charge in [0.05, 0.1) is 11.0 Å². The Morgan fingerprint density at radius 3 is 2.89 bits per heavy atom. The number of imidazole rings is 1. The third-order valence-electron chi connectivity index (χ3n) is 2.23. The fourth-order valence-electron chi connectivity index (χ4n) is 1.46. The Balaban J connectivity index is 1.90. The van der Waals surface area contributed by atoms with Crippen molar-refractivity contribution in [1.29, 1.82) is 0 Å². The summed E-state index contributed by atoms with van der Waals surface area (Å²) in [6.45, 7) is 0. The molecular formula is C10H9N5S3. The molecular weight excluding hydrogens is 286 g/mol. The van der Waals surface area contributed by atoms with Gasteiger partial charge in [0, 0.05) is 5.69 Å². The summed E-state index contributed by atoms with van der Waals surface area (Å²) in [6.07, 6.45) is 1.99. The van der Waals surface area contributed by atoms with E-state index in [0.29, 0.717) is 0 Å². The van der Waals surface area contributed by atoms with Gasteiger partial charge in [0.25, 0.3) is 0 Å². The number of thioether (sulfide) groups is 1. The van der Waals surface area contributed by atoms with E-state index in [2.05, 4.69) is 20.2 Å². The molecule has 0 aliphatic carbocycles. The van der Waals surface area contributed by atoms with Crippen molar-refractivity contribution in [3.05, 3.63) is 18.2 Å². The van der Waals surface area contributed by atoms with Gasteiger partial charge in [0.15, 0.2) is 13.8 Å². The summed E-state index contributed by atoms with van der Waals surface area (Å²) in [5.41, 5.74) is 8.30. The van der Waals surface area contributed by atoms with Crippen LogP contribution in [0.2, 0.25) is 0 Å². The second kappa shape index (κ2) is 4.79. The smallest absolute Gasteiger partial charge is 0.182 e. The fraction of sp³-hybridized carbons (Fsp3) is 0.100. The van der Waals surface area contributed by atoms with Gasteiger partial charge in [-0.25, -0.2) is 4.98 Å². The molecule has 0 aliphatic rings. The first-order valence-electron chi connectivity index (χ1n) is 5.05. The van der Waals surface area contributed by atoms with E-state index >= 15 is 0 Å². The zero-order valence-electron chi connectivity index (χ0n) is 9.38. The summed E-state index contributed by atoms with van der Waals surface area (Å²) < 4.78 is 1.84. The lowest BCUT2D eigenvalue weighted by atomic mass is 10.3. The van der Waals surface area contributed by atoms with Gasteiger partial charge in [0.1, 0.15) is 0 Å². The van der Waals surface area contributed by atoms with Crippen LogP contribution in [0.15, 0.2) is 32.0 Å². The molecule has 92 valence electrons. The Kier molecular flexibility index (Phi) is 3.14. The summed E-state index contributed by atoms with van der Waals surface area (Å²) in [6, 6.07) is 5.62. The van der Waals surface area contributed by atoms with Crippen molar-refractivity contribution in [2.24, 2.45) is 0 Å². The molecule has 8 heteroatoms. The average molecular weight is 295 g/mol. The highest BCUT2D eigenvalue weighted by atomic mass is 32.2. The number of hydrogen-bond acceptors (Lipinski definition) is 7. The SMILES string of the molecule is CSc1nnc(Sc2nc3ccc(N)cc3[nH]2)s1. The van der Waals surface area contributed by atoms with Crippen molar-refractivity contribution >= 4 is 51.6 Å². The van der Waals surface area contributed by atoms with E-state index in [4.69, 9.17) is 5.73 Å². The second-order valence-corrected chi connectivity index (χ2v) is 6.73. The fourth-order valence-corrected chi connectivity index (χ4v) is 3.81. The van der Waals surface area contributed by atoms with Crippen LogP contribution >= 0.6 is 34.9 Å². The molecule has 3 aromatic rings. The van der Waals surface area contributed by atoms with Crippen LogP contribution in [-0.2, 0) is 0 Å². The number of anilines is 1. The normalized spacial score (nSPS) is 11.2.